The summed E-state index contributed by atoms with van der Waals surface area (Å²) in [4.78, 5) is 0. The highest BCUT2D eigenvalue weighted by Gasteiger charge is 2.04. The molecule has 2 rings (SSSR count). The smallest absolute Gasteiger partial charge is 0.0211 e. The molecule has 0 bridgehead atoms. The van der Waals surface area contributed by atoms with Crippen LogP contribution in [0.4, 0.5) is 0 Å². The maximum absolute atomic E-state index is 3.56. The van der Waals surface area contributed by atoms with Gasteiger partial charge in [-0.25, -0.2) is 0 Å². The van der Waals surface area contributed by atoms with E-state index in [-0.39, 0.29) is 0 Å². The van der Waals surface area contributed by atoms with Crippen LogP contribution in [0.2, 0.25) is 0 Å². The van der Waals surface area contributed by atoms with E-state index in [2.05, 4.69) is 81.8 Å². The van der Waals surface area contributed by atoms with Crippen molar-refractivity contribution < 1.29 is 0 Å². The van der Waals surface area contributed by atoms with Crippen LogP contribution in [-0.4, -0.2) is 26.2 Å². The Morgan fingerprint density at radius 2 is 0.778 bits per heavy atom. The van der Waals surface area contributed by atoms with E-state index in [1.165, 1.54) is 44.5 Å². The Kier molecular flexibility index (Phi) is 8.49. The van der Waals surface area contributed by atoms with Crippen LogP contribution >= 0.6 is 0 Å². The number of nitrogens with one attached hydrogen (secondary N) is 3. The van der Waals surface area contributed by atoms with Crippen molar-refractivity contribution in [3.63, 3.8) is 0 Å². The van der Waals surface area contributed by atoms with Crippen molar-refractivity contribution in [1.82, 2.24) is 16.0 Å². The van der Waals surface area contributed by atoms with Crippen molar-refractivity contribution in [3.8, 4) is 0 Å². The van der Waals surface area contributed by atoms with Gasteiger partial charge in [-0.1, -0.05) is 35.4 Å². The lowest BCUT2D eigenvalue weighted by Gasteiger charge is -2.14. The van der Waals surface area contributed by atoms with Crippen molar-refractivity contribution in [1.29, 1.82) is 0 Å². The number of benzene rings is 2. The predicted octanol–water partition coefficient (Wildman–Crippen LogP) is 4.01. The third-order valence-corrected chi connectivity index (χ3v) is 5.24. The van der Waals surface area contributed by atoms with Gasteiger partial charge in [0.2, 0.25) is 0 Å². The molecule has 0 aromatic heterocycles. The minimum Gasteiger partial charge on any atom is -0.314 e. The van der Waals surface area contributed by atoms with Crippen LogP contribution in [0.1, 0.15) is 44.5 Å². The summed E-state index contributed by atoms with van der Waals surface area (Å²) in [5.41, 5.74) is 11.1. The summed E-state index contributed by atoms with van der Waals surface area (Å²) < 4.78 is 0. The number of hydrogen-bond acceptors (Lipinski definition) is 3. The Labute approximate surface area is 166 Å². The molecule has 0 radical (unpaired) electrons. The molecule has 0 spiro atoms. The van der Waals surface area contributed by atoms with Crippen LogP contribution < -0.4 is 16.0 Å². The Hall–Kier alpha value is -1.68. The van der Waals surface area contributed by atoms with E-state index >= 15 is 0 Å². The van der Waals surface area contributed by atoms with Crippen LogP contribution in [0.15, 0.2) is 24.3 Å². The molecule has 0 aliphatic rings. The molecule has 148 valence electrons. The first kappa shape index (κ1) is 21.6. The first-order valence-electron chi connectivity index (χ1n) is 10.1. The maximum atomic E-state index is 3.56. The van der Waals surface area contributed by atoms with E-state index in [9.17, 15) is 0 Å². The van der Waals surface area contributed by atoms with Gasteiger partial charge in [0.05, 0.1) is 0 Å². The zero-order valence-corrected chi connectivity index (χ0v) is 18.1. The van der Waals surface area contributed by atoms with Crippen molar-refractivity contribution in [2.75, 3.05) is 26.2 Å². The molecule has 3 heteroatoms. The molecule has 0 amide bonds. The summed E-state index contributed by atoms with van der Waals surface area (Å²) in [6.07, 6.45) is 0. The summed E-state index contributed by atoms with van der Waals surface area (Å²) in [5.74, 6) is 0. The van der Waals surface area contributed by atoms with Gasteiger partial charge in [-0.2, -0.15) is 0 Å². The van der Waals surface area contributed by atoms with Gasteiger partial charge in [0.15, 0.2) is 0 Å². The Bertz CT molecular complexity index is 640. The lowest BCUT2D eigenvalue weighted by Crippen LogP contribution is -2.32. The van der Waals surface area contributed by atoms with Crippen molar-refractivity contribution in [2.45, 2.75) is 54.6 Å². The molecule has 0 fully saturated rings. The van der Waals surface area contributed by atoms with Gasteiger partial charge in [0.25, 0.3) is 0 Å². The normalized spacial score (nSPS) is 11.2. The van der Waals surface area contributed by atoms with Crippen molar-refractivity contribution in [2.24, 2.45) is 0 Å². The molecule has 0 saturated heterocycles. The first-order valence-corrected chi connectivity index (χ1v) is 10.1. The second-order valence-electron chi connectivity index (χ2n) is 7.86. The zero-order valence-electron chi connectivity index (χ0n) is 18.1. The molecule has 27 heavy (non-hydrogen) atoms. The highest BCUT2D eigenvalue weighted by atomic mass is 15.0. The average Bonchev–Trinajstić information content (AvgIpc) is 2.56. The fraction of sp³-hybridized carbons (Fsp3) is 0.500. The molecular weight excluding hydrogens is 330 g/mol. The molecule has 0 unspecified atom stereocenters. The highest BCUT2D eigenvalue weighted by Crippen LogP contribution is 2.16. The monoisotopic (exact) mass is 367 g/mol. The quantitative estimate of drug-likeness (QED) is 0.555. The molecule has 2 aromatic carbocycles. The molecule has 0 aliphatic carbocycles. The van der Waals surface area contributed by atoms with E-state index < -0.39 is 0 Å². The van der Waals surface area contributed by atoms with Gasteiger partial charge in [0, 0.05) is 39.3 Å². The first-order chi connectivity index (χ1) is 12.9. The van der Waals surface area contributed by atoms with Crippen molar-refractivity contribution in [3.05, 3.63) is 68.8 Å². The molecule has 0 saturated carbocycles. The minimum atomic E-state index is 0.948. The van der Waals surface area contributed by atoms with Gasteiger partial charge in [0.1, 0.15) is 0 Å². The van der Waals surface area contributed by atoms with Crippen LogP contribution in [0.5, 0.6) is 0 Å². The fourth-order valence-electron chi connectivity index (χ4n) is 3.88. The minimum absolute atomic E-state index is 0.948. The van der Waals surface area contributed by atoms with Gasteiger partial charge in [-0.05, 0) is 74.9 Å². The molecule has 3 nitrogen and oxygen atoms in total. The summed E-state index contributed by atoms with van der Waals surface area (Å²) in [5, 5.41) is 10.6. The van der Waals surface area contributed by atoms with Gasteiger partial charge < -0.3 is 16.0 Å². The molecule has 2 aromatic rings. The second kappa shape index (κ2) is 10.6. The number of aryl methyl sites for hydroxylation is 6. The number of rotatable bonds is 10. The van der Waals surface area contributed by atoms with E-state index in [4.69, 9.17) is 0 Å². The lowest BCUT2D eigenvalue weighted by molar-refractivity contribution is 0.579. The Morgan fingerprint density at radius 1 is 0.481 bits per heavy atom. The van der Waals surface area contributed by atoms with Crippen molar-refractivity contribution >= 4 is 0 Å². The van der Waals surface area contributed by atoms with Gasteiger partial charge in [-0.3, -0.25) is 0 Å². The summed E-state index contributed by atoms with van der Waals surface area (Å²) in [6.45, 7) is 19.0. The van der Waals surface area contributed by atoms with E-state index in [0.717, 1.165) is 39.3 Å². The molecule has 0 heterocycles. The standard InChI is InChI=1S/C24H37N3/c1-17-11-19(3)23(20(4)12-17)15-26-9-7-25-8-10-27-16-24-21(5)13-18(2)14-22(24)6/h11-14,25-27H,7-10,15-16H2,1-6H3. The molecule has 0 aliphatic heterocycles. The Morgan fingerprint density at radius 3 is 1.11 bits per heavy atom. The average molecular weight is 368 g/mol. The van der Waals surface area contributed by atoms with E-state index in [1.807, 2.05) is 0 Å². The van der Waals surface area contributed by atoms with Crippen LogP contribution in [-0.2, 0) is 13.1 Å². The lowest BCUT2D eigenvalue weighted by atomic mass is 10.00. The summed E-state index contributed by atoms with van der Waals surface area (Å²) in [7, 11) is 0. The Balaban J connectivity index is 1.58. The largest absolute Gasteiger partial charge is 0.314 e. The van der Waals surface area contributed by atoms with Gasteiger partial charge >= 0.3 is 0 Å². The molecular formula is C24H37N3. The van der Waals surface area contributed by atoms with Crippen LogP contribution in [0.25, 0.3) is 0 Å². The third kappa shape index (κ3) is 6.76. The van der Waals surface area contributed by atoms with Crippen LogP contribution in [0.3, 0.4) is 0 Å². The second-order valence-corrected chi connectivity index (χ2v) is 7.86. The zero-order chi connectivity index (χ0) is 19.8. The van der Waals surface area contributed by atoms with Crippen LogP contribution in [0, 0.1) is 41.5 Å². The predicted molar refractivity (Wildman–Crippen MR) is 118 cm³/mol. The maximum Gasteiger partial charge on any atom is 0.0211 e. The highest BCUT2D eigenvalue weighted by molar-refractivity contribution is 5.38. The SMILES string of the molecule is Cc1cc(C)c(CNCCNCCNCc2c(C)cc(C)cc2C)c(C)c1. The molecule has 0 atom stereocenters. The van der Waals surface area contributed by atoms with E-state index in [0.29, 0.717) is 0 Å². The third-order valence-electron chi connectivity index (χ3n) is 5.24. The summed E-state index contributed by atoms with van der Waals surface area (Å²) >= 11 is 0. The van der Waals surface area contributed by atoms with Gasteiger partial charge in [-0.15, -0.1) is 0 Å². The topological polar surface area (TPSA) is 36.1 Å². The van der Waals surface area contributed by atoms with E-state index in [1.54, 1.807) is 0 Å². The summed E-state index contributed by atoms with van der Waals surface area (Å²) in [6, 6.07) is 9.08. The molecule has 3 N–H and O–H groups in total. The number of hydrogen-bond donors (Lipinski definition) is 3. The fourth-order valence-corrected chi connectivity index (χ4v) is 3.88.